The zero-order chi connectivity index (χ0) is 21.0. The summed E-state index contributed by atoms with van der Waals surface area (Å²) < 4.78 is 11.5. The number of hydrogen-bond donors (Lipinski definition) is 2. The fraction of sp³-hybridized carbons (Fsp3) is 0.769. The van der Waals surface area contributed by atoms with Gasteiger partial charge in [0.25, 0.3) is 0 Å². The maximum Gasteiger partial charge on any atom is 0.0983 e. The average Bonchev–Trinajstić information content (AvgIpc) is 3.36. The van der Waals surface area contributed by atoms with E-state index in [9.17, 15) is 5.11 Å². The van der Waals surface area contributed by atoms with Crippen LogP contribution in [0.5, 0.6) is 0 Å². The zero-order valence-corrected chi connectivity index (χ0v) is 18.7. The molecule has 5 rings (SSSR count). The van der Waals surface area contributed by atoms with Crippen molar-refractivity contribution in [2.75, 3.05) is 13.2 Å². The molecule has 3 N–H and O–H groups in total. The van der Waals surface area contributed by atoms with Crippen LogP contribution in [0.15, 0.2) is 34.7 Å². The summed E-state index contributed by atoms with van der Waals surface area (Å²) in [7, 11) is 0. The Labute approximate surface area is 181 Å². The maximum atomic E-state index is 11.8. The van der Waals surface area contributed by atoms with Gasteiger partial charge in [-0.1, -0.05) is 25.5 Å². The van der Waals surface area contributed by atoms with Gasteiger partial charge >= 0.3 is 0 Å². The van der Waals surface area contributed by atoms with Gasteiger partial charge in [-0.15, -0.1) is 0 Å². The first-order valence-corrected chi connectivity index (χ1v) is 12.2. The number of fused-ring (bicyclic) bond motifs is 5. The molecule has 0 amide bonds. The number of rotatable bonds is 5. The standard InChI is InChI=1S/C26H39NO3/c1-24-10-6-20(30-14-3-13-27)16-18(24)4-5-21-22(24)7-11-25(2)23(21)8-12-26(25,28)19-9-15-29-17-19/h4,9,15,17,20-23,28H,3,5-8,10-14,16,27H2,1-2H3/t20-,21+,22-,23-,24-,25-,26+/m0/s1. The van der Waals surface area contributed by atoms with Crippen LogP contribution in [0.1, 0.15) is 77.2 Å². The van der Waals surface area contributed by atoms with E-state index in [0.717, 1.165) is 50.2 Å². The van der Waals surface area contributed by atoms with E-state index in [-0.39, 0.29) is 5.41 Å². The molecule has 1 aromatic rings. The number of furan rings is 1. The molecule has 7 atom stereocenters. The smallest absolute Gasteiger partial charge is 0.0983 e. The van der Waals surface area contributed by atoms with Crippen LogP contribution in [-0.2, 0) is 10.3 Å². The van der Waals surface area contributed by atoms with Crippen LogP contribution in [0, 0.1) is 28.6 Å². The summed E-state index contributed by atoms with van der Waals surface area (Å²) in [6.07, 6.45) is 16.4. The first kappa shape index (κ1) is 20.8. The summed E-state index contributed by atoms with van der Waals surface area (Å²) in [6.45, 7) is 6.40. The van der Waals surface area contributed by atoms with E-state index in [2.05, 4.69) is 19.9 Å². The molecule has 1 aromatic heterocycles. The van der Waals surface area contributed by atoms with Crippen LogP contribution in [0.2, 0.25) is 0 Å². The lowest BCUT2D eigenvalue weighted by Crippen LogP contribution is -2.53. The molecule has 1 heterocycles. The van der Waals surface area contributed by atoms with E-state index in [1.165, 1.54) is 25.7 Å². The lowest BCUT2D eigenvalue weighted by atomic mass is 9.46. The van der Waals surface area contributed by atoms with Crippen molar-refractivity contribution in [1.29, 1.82) is 0 Å². The van der Waals surface area contributed by atoms with Gasteiger partial charge in [-0.25, -0.2) is 0 Å². The summed E-state index contributed by atoms with van der Waals surface area (Å²) in [6, 6.07) is 1.98. The fourth-order valence-corrected chi connectivity index (χ4v) is 8.09. The molecule has 4 aliphatic rings. The molecule has 0 spiro atoms. The highest BCUT2D eigenvalue weighted by Crippen LogP contribution is 2.69. The summed E-state index contributed by atoms with van der Waals surface area (Å²) >= 11 is 0. The third kappa shape index (κ3) is 2.90. The molecular weight excluding hydrogens is 374 g/mol. The third-order valence-electron chi connectivity index (χ3n) is 9.91. The molecule has 3 saturated carbocycles. The van der Waals surface area contributed by atoms with E-state index in [4.69, 9.17) is 14.9 Å². The Morgan fingerprint density at radius 3 is 2.77 bits per heavy atom. The Morgan fingerprint density at radius 2 is 2.00 bits per heavy atom. The van der Waals surface area contributed by atoms with Crippen molar-refractivity contribution in [1.82, 2.24) is 0 Å². The molecule has 0 aliphatic heterocycles. The predicted octanol–water partition coefficient (Wildman–Crippen LogP) is 5.16. The van der Waals surface area contributed by atoms with Crippen LogP contribution >= 0.6 is 0 Å². The molecular formula is C26H39NO3. The van der Waals surface area contributed by atoms with E-state index >= 15 is 0 Å². The second-order valence-corrected chi connectivity index (χ2v) is 11.0. The van der Waals surface area contributed by atoms with Gasteiger partial charge in [-0.3, -0.25) is 0 Å². The second-order valence-electron chi connectivity index (χ2n) is 11.0. The highest BCUT2D eigenvalue weighted by Gasteiger charge is 2.64. The van der Waals surface area contributed by atoms with Gasteiger partial charge in [-0.2, -0.15) is 0 Å². The van der Waals surface area contributed by atoms with Gasteiger partial charge in [0.1, 0.15) is 0 Å². The minimum absolute atomic E-state index is 0.0533. The summed E-state index contributed by atoms with van der Waals surface area (Å²) in [5.41, 5.74) is 7.79. The van der Waals surface area contributed by atoms with Crippen LogP contribution in [-0.4, -0.2) is 24.4 Å². The van der Waals surface area contributed by atoms with Gasteiger partial charge in [0, 0.05) is 17.6 Å². The summed E-state index contributed by atoms with van der Waals surface area (Å²) in [5, 5.41) is 11.8. The molecule has 0 saturated heterocycles. The van der Waals surface area contributed by atoms with E-state index in [0.29, 0.717) is 29.9 Å². The monoisotopic (exact) mass is 413 g/mol. The Bertz CT molecular complexity index is 788. The molecule has 4 nitrogen and oxygen atoms in total. The Hall–Kier alpha value is -1.10. The summed E-state index contributed by atoms with van der Waals surface area (Å²) in [4.78, 5) is 0. The molecule has 0 aromatic carbocycles. The maximum absolute atomic E-state index is 11.8. The van der Waals surface area contributed by atoms with Crippen molar-refractivity contribution < 1.29 is 14.3 Å². The lowest BCUT2D eigenvalue weighted by Gasteiger charge is -2.59. The van der Waals surface area contributed by atoms with Crippen molar-refractivity contribution in [2.24, 2.45) is 34.3 Å². The number of allylic oxidation sites excluding steroid dienone is 1. The van der Waals surface area contributed by atoms with Gasteiger partial charge in [0.15, 0.2) is 0 Å². The first-order valence-electron chi connectivity index (χ1n) is 12.2. The zero-order valence-electron chi connectivity index (χ0n) is 18.7. The Morgan fingerprint density at radius 1 is 1.17 bits per heavy atom. The van der Waals surface area contributed by atoms with Crippen molar-refractivity contribution in [3.8, 4) is 0 Å². The van der Waals surface area contributed by atoms with Crippen molar-refractivity contribution in [3.05, 3.63) is 35.8 Å². The van der Waals surface area contributed by atoms with Crippen molar-refractivity contribution in [3.63, 3.8) is 0 Å². The highest BCUT2D eigenvalue weighted by atomic mass is 16.5. The molecule has 30 heavy (non-hydrogen) atoms. The molecule has 0 unspecified atom stereocenters. The van der Waals surface area contributed by atoms with E-state index in [1.807, 2.05) is 6.07 Å². The fourth-order valence-electron chi connectivity index (χ4n) is 8.09. The van der Waals surface area contributed by atoms with Gasteiger partial charge in [0.2, 0.25) is 0 Å². The minimum Gasteiger partial charge on any atom is -0.472 e. The summed E-state index contributed by atoms with van der Waals surface area (Å²) in [5.74, 6) is 2.02. The number of hydrogen-bond acceptors (Lipinski definition) is 4. The largest absolute Gasteiger partial charge is 0.472 e. The van der Waals surface area contributed by atoms with Gasteiger partial charge in [0.05, 0.1) is 24.2 Å². The quantitative estimate of drug-likeness (QED) is 0.516. The lowest BCUT2D eigenvalue weighted by molar-refractivity contribution is -0.130. The normalized spacial score (nSPS) is 45.4. The molecule has 4 aliphatic carbocycles. The minimum atomic E-state index is -0.741. The number of nitrogens with two attached hydrogens (primary N) is 1. The van der Waals surface area contributed by atoms with E-state index < -0.39 is 5.60 Å². The van der Waals surface area contributed by atoms with Gasteiger partial charge < -0.3 is 20.0 Å². The van der Waals surface area contributed by atoms with Crippen LogP contribution in [0.3, 0.4) is 0 Å². The molecule has 0 radical (unpaired) electrons. The highest BCUT2D eigenvalue weighted by molar-refractivity contribution is 5.29. The van der Waals surface area contributed by atoms with Crippen molar-refractivity contribution >= 4 is 0 Å². The van der Waals surface area contributed by atoms with Crippen LogP contribution < -0.4 is 5.73 Å². The van der Waals surface area contributed by atoms with Crippen LogP contribution in [0.4, 0.5) is 0 Å². The molecule has 0 bridgehead atoms. The number of ether oxygens (including phenoxy) is 1. The van der Waals surface area contributed by atoms with Crippen molar-refractivity contribution in [2.45, 2.75) is 83.3 Å². The first-order chi connectivity index (χ1) is 14.4. The molecule has 3 fully saturated rings. The topological polar surface area (TPSA) is 68.6 Å². The third-order valence-corrected chi connectivity index (χ3v) is 9.91. The molecule has 4 heteroatoms. The predicted molar refractivity (Wildman–Crippen MR) is 118 cm³/mol. The Kier molecular flexibility index (Phi) is 5.19. The SMILES string of the molecule is C[C@]12CC[C@H](OCCCN)CC1=CC[C@@H]1[C@@H]2CC[C@@]2(C)[C@H]1CC[C@@]2(O)c1ccoc1. The Balaban J connectivity index is 1.37. The molecule has 166 valence electrons. The van der Waals surface area contributed by atoms with E-state index in [1.54, 1.807) is 18.1 Å². The second kappa shape index (κ2) is 7.50. The number of aliphatic hydroxyl groups is 1. The average molecular weight is 414 g/mol. The van der Waals surface area contributed by atoms with Gasteiger partial charge in [-0.05, 0) is 93.6 Å². The van der Waals surface area contributed by atoms with Crippen LogP contribution in [0.25, 0.3) is 0 Å².